The SMILES string of the molecule is CCCCCCCC/C=C/CC/C=C/CC/C=C/C(O)C(CO)NC(=O)CCCCCCCCCCCCCCCCCCCCCCCC. The predicted octanol–water partition coefficient (Wildman–Crippen LogP) is 13.8. The highest BCUT2D eigenvalue weighted by Gasteiger charge is 2.17. The number of nitrogens with one attached hydrogen (secondary N) is 1. The fraction of sp³-hybridized carbons (Fsp3) is 0.848. The first-order valence-electron chi connectivity index (χ1n) is 22.2. The van der Waals surface area contributed by atoms with Gasteiger partial charge in [0.05, 0.1) is 18.8 Å². The highest BCUT2D eigenvalue weighted by molar-refractivity contribution is 5.76. The first kappa shape index (κ1) is 48.6. The molecular formula is C46H87NO3. The fourth-order valence-corrected chi connectivity index (χ4v) is 6.68. The van der Waals surface area contributed by atoms with Gasteiger partial charge in [-0.2, -0.15) is 0 Å². The molecule has 3 N–H and O–H groups in total. The van der Waals surface area contributed by atoms with E-state index in [9.17, 15) is 15.0 Å². The minimum atomic E-state index is -0.866. The van der Waals surface area contributed by atoms with Gasteiger partial charge in [0.15, 0.2) is 0 Å². The molecule has 0 aliphatic carbocycles. The van der Waals surface area contributed by atoms with Crippen molar-refractivity contribution in [2.24, 2.45) is 0 Å². The summed E-state index contributed by atoms with van der Waals surface area (Å²) in [7, 11) is 0. The van der Waals surface area contributed by atoms with Gasteiger partial charge in [0.2, 0.25) is 5.91 Å². The lowest BCUT2D eigenvalue weighted by Crippen LogP contribution is -2.45. The van der Waals surface area contributed by atoms with E-state index >= 15 is 0 Å². The molecule has 294 valence electrons. The van der Waals surface area contributed by atoms with Crippen molar-refractivity contribution in [1.82, 2.24) is 5.32 Å². The Bertz CT molecular complexity index is 760. The largest absolute Gasteiger partial charge is 0.394 e. The van der Waals surface area contributed by atoms with Gasteiger partial charge in [-0.05, 0) is 44.9 Å². The highest BCUT2D eigenvalue weighted by Crippen LogP contribution is 2.16. The monoisotopic (exact) mass is 702 g/mol. The van der Waals surface area contributed by atoms with Gasteiger partial charge in [-0.1, -0.05) is 217 Å². The second-order valence-electron chi connectivity index (χ2n) is 15.1. The molecule has 0 heterocycles. The molecule has 0 saturated heterocycles. The van der Waals surface area contributed by atoms with Crippen LogP contribution in [0.4, 0.5) is 0 Å². The Balaban J connectivity index is 3.58. The first-order chi connectivity index (χ1) is 24.7. The van der Waals surface area contributed by atoms with E-state index in [2.05, 4.69) is 43.5 Å². The Morgan fingerprint density at radius 2 is 0.780 bits per heavy atom. The van der Waals surface area contributed by atoms with Crippen LogP contribution in [0.2, 0.25) is 0 Å². The molecule has 4 heteroatoms. The number of hydrogen-bond acceptors (Lipinski definition) is 3. The maximum atomic E-state index is 12.4. The summed E-state index contributed by atoms with van der Waals surface area (Å²) in [6, 6.07) is -0.642. The third kappa shape index (κ3) is 37.9. The van der Waals surface area contributed by atoms with Crippen molar-refractivity contribution < 1.29 is 15.0 Å². The fourth-order valence-electron chi connectivity index (χ4n) is 6.68. The summed E-state index contributed by atoms with van der Waals surface area (Å²) in [5.74, 6) is -0.0753. The van der Waals surface area contributed by atoms with Crippen LogP contribution >= 0.6 is 0 Å². The quantitative estimate of drug-likeness (QED) is 0.0440. The number of aliphatic hydroxyl groups excluding tert-OH is 2. The molecule has 0 aromatic rings. The number of amides is 1. The third-order valence-corrected chi connectivity index (χ3v) is 10.1. The number of carbonyl (C=O) groups excluding carboxylic acids is 1. The van der Waals surface area contributed by atoms with Crippen molar-refractivity contribution in [3.63, 3.8) is 0 Å². The average Bonchev–Trinajstić information content (AvgIpc) is 3.12. The van der Waals surface area contributed by atoms with Crippen LogP contribution in [0.5, 0.6) is 0 Å². The van der Waals surface area contributed by atoms with Crippen LogP contribution in [-0.4, -0.2) is 34.9 Å². The van der Waals surface area contributed by atoms with E-state index in [1.54, 1.807) is 6.08 Å². The van der Waals surface area contributed by atoms with Crippen molar-refractivity contribution in [3.05, 3.63) is 36.5 Å². The molecule has 0 aromatic heterocycles. The summed E-state index contributed by atoms with van der Waals surface area (Å²) in [4.78, 5) is 12.4. The molecule has 0 saturated carbocycles. The second kappa shape index (κ2) is 42.0. The van der Waals surface area contributed by atoms with Crippen molar-refractivity contribution in [2.75, 3.05) is 6.61 Å². The maximum absolute atomic E-state index is 12.4. The van der Waals surface area contributed by atoms with E-state index in [1.807, 2.05) is 6.08 Å². The van der Waals surface area contributed by atoms with Crippen molar-refractivity contribution in [2.45, 2.75) is 244 Å². The van der Waals surface area contributed by atoms with Crippen molar-refractivity contribution in [3.8, 4) is 0 Å². The molecule has 0 aromatic carbocycles. The summed E-state index contributed by atoms with van der Waals surface area (Å²) >= 11 is 0. The summed E-state index contributed by atoms with van der Waals surface area (Å²) in [6.07, 6.45) is 55.4. The molecule has 0 fully saturated rings. The summed E-state index contributed by atoms with van der Waals surface area (Å²) < 4.78 is 0. The Morgan fingerprint density at radius 1 is 0.460 bits per heavy atom. The van der Waals surface area contributed by atoms with Gasteiger partial charge in [0, 0.05) is 6.42 Å². The molecule has 0 rings (SSSR count). The first-order valence-corrected chi connectivity index (χ1v) is 22.2. The predicted molar refractivity (Wildman–Crippen MR) is 221 cm³/mol. The van der Waals surface area contributed by atoms with E-state index < -0.39 is 12.1 Å². The Kier molecular flexibility index (Phi) is 40.9. The van der Waals surface area contributed by atoms with Crippen LogP contribution in [-0.2, 0) is 4.79 Å². The van der Waals surface area contributed by atoms with E-state index in [0.717, 1.165) is 38.5 Å². The van der Waals surface area contributed by atoms with Gasteiger partial charge < -0.3 is 15.5 Å². The lowest BCUT2D eigenvalue weighted by Gasteiger charge is -2.19. The molecule has 0 aliphatic heterocycles. The third-order valence-electron chi connectivity index (χ3n) is 10.1. The Labute approximate surface area is 312 Å². The lowest BCUT2D eigenvalue weighted by atomic mass is 10.0. The van der Waals surface area contributed by atoms with Crippen LogP contribution in [0.3, 0.4) is 0 Å². The summed E-state index contributed by atoms with van der Waals surface area (Å²) in [5, 5.41) is 23.0. The zero-order valence-electron chi connectivity index (χ0n) is 33.7. The Morgan fingerprint density at radius 3 is 1.16 bits per heavy atom. The number of hydrogen-bond donors (Lipinski definition) is 3. The van der Waals surface area contributed by atoms with Crippen molar-refractivity contribution in [1.29, 1.82) is 0 Å². The van der Waals surface area contributed by atoms with Gasteiger partial charge in [-0.3, -0.25) is 4.79 Å². The van der Waals surface area contributed by atoms with Crippen LogP contribution in [0.15, 0.2) is 36.5 Å². The van der Waals surface area contributed by atoms with Gasteiger partial charge in [-0.25, -0.2) is 0 Å². The highest BCUT2D eigenvalue weighted by atomic mass is 16.3. The molecule has 50 heavy (non-hydrogen) atoms. The van der Waals surface area contributed by atoms with E-state index in [-0.39, 0.29) is 12.5 Å². The van der Waals surface area contributed by atoms with Crippen LogP contribution in [0.1, 0.15) is 232 Å². The molecule has 0 bridgehead atoms. The van der Waals surface area contributed by atoms with Crippen LogP contribution in [0, 0.1) is 0 Å². The van der Waals surface area contributed by atoms with Gasteiger partial charge >= 0.3 is 0 Å². The molecule has 1 amide bonds. The molecule has 2 atom stereocenters. The second-order valence-corrected chi connectivity index (χ2v) is 15.1. The van der Waals surface area contributed by atoms with E-state index in [1.165, 1.54) is 173 Å². The average molecular weight is 702 g/mol. The van der Waals surface area contributed by atoms with Gasteiger partial charge in [-0.15, -0.1) is 0 Å². The molecular weight excluding hydrogens is 615 g/mol. The van der Waals surface area contributed by atoms with Crippen LogP contribution in [0.25, 0.3) is 0 Å². The molecule has 0 aliphatic rings. The smallest absolute Gasteiger partial charge is 0.220 e. The normalized spacial score (nSPS) is 13.3. The van der Waals surface area contributed by atoms with Crippen LogP contribution < -0.4 is 5.32 Å². The summed E-state index contributed by atoms with van der Waals surface area (Å²) in [6.45, 7) is 4.29. The minimum absolute atomic E-state index is 0.0753. The van der Waals surface area contributed by atoms with E-state index in [4.69, 9.17) is 0 Å². The molecule has 0 radical (unpaired) electrons. The lowest BCUT2D eigenvalue weighted by molar-refractivity contribution is -0.123. The standard InChI is InChI=1S/C46H87NO3/c1-3-5-7-9-11-13-15-17-19-21-22-23-24-25-26-28-30-32-34-36-38-40-42-46(50)47-44(43-48)45(49)41-39-37-35-33-31-29-27-20-18-16-14-12-10-8-6-4-2/h18,20,31,33,39,41,44-45,48-49H,3-17,19,21-30,32,34-38,40,42-43H2,1-2H3,(H,47,50)/b20-18+,33-31+,41-39+. The molecule has 2 unspecified atom stereocenters. The molecule has 4 nitrogen and oxygen atoms in total. The zero-order valence-corrected chi connectivity index (χ0v) is 33.7. The van der Waals surface area contributed by atoms with Gasteiger partial charge in [0.1, 0.15) is 0 Å². The Hall–Kier alpha value is -1.39. The minimum Gasteiger partial charge on any atom is -0.394 e. The molecule has 0 spiro atoms. The number of aliphatic hydroxyl groups is 2. The number of rotatable bonds is 40. The maximum Gasteiger partial charge on any atom is 0.220 e. The van der Waals surface area contributed by atoms with Crippen molar-refractivity contribution >= 4 is 5.91 Å². The van der Waals surface area contributed by atoms with E-state index in [0.29, 0.717) is 6.42 Å². The number of carbonyl (C=O) groups is 1. The van der Waals surface area contributed by atoms with Gasteiger partial charge in [0.25, 0.3) is 0 Å². The number of unbranched alkanes of at least 4 members (excludes halogenated alkanes) is 29. The zero-order chi connectivity index (χ0) is 36.4. The topological polar surface area (TPSA) is 69.6 Å². The number of allylic oxidation sites excluding steroid dienone is 5. The summed E-state index contributed by atoms with van der Waals surface area (Å²) in [5.41, 5.74) is 0.